The standard InChI is InChI=1S/C13H14N2O5S/c1-8(16)7-21-10-5-3-2-4-9(10)12(18)20-6-11(17)15-13(14)19/h2-5H,6-7H2,1H3,(H3,14,15,17,19). The average molecular weight is 310 g/mol. The molecule has 0 aliphatic heterocycles. The fraction of sp³-hybridized carbons (Fsp3) is 0.231. The van der Waals surface area contributed by atoms with Gasteiger partial charge >= 0.3 is 12.0 Å². The summed E-state index contributed by atoms with van der Waals surface area (Å²) in [6, 6.07) is 5.54. The zero-order valence-electron chi connectivity index (χ0n) is 11.3. The molecule has 0 heterocycles. The molecule has 0 unspecified atom stereocenters. The number of nitrogens with two attached hydrogens (primary N) is 1. The number of imide groups is 1. The van der Waals surface area contributed by atoms with Gasteiger partial charge in [0.05, 0.1) is 11.3 Å². The number of nitrogens with one attached hydrogen (secondary N) is 1. The highest BCUT2D eigenvalue weighted by Crippen LogP contribution is 2.23. The molecule has 8 heteroatoms. The van der Waals surface area contributed by atoms with Crippen LogP contribution >= 0.6 is 11.8 Å². The second kappa shape index (κ2) is 8.05. The van der Waals surface area contributed by atoms with Gasteiger partial charge in [-0.1, -0.05) is 12.1 Å². The summed E-state index contributed by atoms with van der Waals surface area (Å²) >= 11 is 1.20. The van der Waals surface area contributed by atoms with E-state index in [0.717, 1.165) is 0 Å². The van der Waals surface area contributed by atoms with Gasteiger partial charge < -0.3 is 10.5 Å². The lowest BCUT2D eigenvalue weighted by Crippen LogP contribution is -2.37. The minimum atomic E-state index is -1.02. The lowest BCUT2D eigenvalue weighted by atomic mass is 10.2. The van der Waals surface area contributed by atoms with E-state index in [4.69, 9.17) is 10.5 Å². The number of Topliss-reactive ketones (excluding diaryl/α,β-unsaturated/α-hetero) is 1. The van der Waals surface area contributed by atoms with Gasteiger partial charge in [-0.05, 0) is 19.1 Å². The number of carbonyl (C=O) groups is 4. The van der Waals surface area contributed by atoms with Gasteiger partial charge in [0.25, 0.3) is 5.91 Å². The molecule has 0 aliphatic carbocycles. The van der Waals surface area contributed by atoms with E-state index in [1.54, 1.807) is 23.5 Å². The molecule has 0 fully saturated rings. The van der Waals surface area contributed by atoms with Crippen molar-refractivity contribution >= 4 is 35.5 Å². The van der Waals surface area contributed by atoms with Crippen molar-refractivity contribution < 1.29 is 23.9 Å². The van der Waals surface area contributed by atoms with Gasteiger partial charge in [-0.3, -0.25) is 14.9 Å². The third-order valence-corrected chi connectivity index (χ3v) is 3.35. The first-order valence-electron chi connectivity index (χ1n) is 5.88. The molecule has 0 bridgehead atoms. The Labute approximate surface area is 125 Å². The van der Waals surface area contributed by atoms with Crippen molar-refractivity contribution in [2.45, 2.75) is 11.8 Å². The number of urea groups is 1. The van der Waals surface area contributed by atoms with E-state index >= 15 is 0 Å². The topological polar surface area (TPSA) is 116 Å². The molecule has 1 aromatic rings. The predicted octanol–water partition coefficient (Wildman–Crippen LogP) is 0.719. The molecular weight excluding hydrogens is 296 g/mol. The number of rotatable bonds is 6. The van der Waals surface area contributed by atoms with Gasteiger partial charge in [-0.25, -0.2) is 9.59 Å². The highest BCUT2D eigenvalue weighted by molar-refractivity contribution is 8.00. The number of ether oxygens (including phenoxy) is 1. The van der Waals surface area contributed by atoms with Gasteiger partial charge in [0.1, 0.15) is 5.78 Å². The van der Waals surface area contributed by atoms with Crippen molar-refractivity contribution in [3.63, 3.8) is 0 Å². The molecule has 21 heavy (non-hydrogen) atoms. The summed E-state index contributed by atoms with van der Waals surface area (Å²) in [6.45, 7) is 0.829. The Morgan fingerprint density at radius 3 is 2.52 bits per heavy atom. The van der Waals surface area contributed by atoms with Crippen LogP contribution in [0.3, 0.4) is 0 Å². The van der Waals surface area contributed by atoms with Crippen LogP contribution < -0.4 is 11.1 Å². The SMILES string of the molecule is CC(=O)CSc1ccccc1C(=O)OCC(=O)NC(N)=O. The molecule has 0 atom stereocenters. The number of hydrogen-bond donors (Lipinski definition) is 2. The first-order valence-corrected chi connectivity index (χ1v) is 6.86. The predicted molar refractivity (Wildman–Crippen MR) is 75.9 cm³/mol. The van der Waals surface area contributed by atoms with E-state index in [0.29, 0.717) is 4.90 Å². The van der Waals surface area contributed by atoms with Crippen molar-refractivity contribution in [3.8, 4) is 0 Å². The first-order chi connectivity index (χ1) is 9.90. The van der Waals surface area contributed by atoms with Crippen molar-refractivity contribution in [1.82, 2.24) is 5.32 Å². The third-order valence-electron chi connectivity index (χ3n) is 2.13. The molecular formula is C13H14N2O5S. The largest absolute Gasteiger partial charge is 0.452 e. The number of carbonyl (C=O) groups excluding carboxylic acids is 4. The minimum Gasteiger partial charge on any atom is -0.452 e. The maximum atomic E-state index is 11.9. The minimum absolute atomic E-state index is 0.0241. The summed E-state index contributed by atoms with van der Waals surface area (Å²) < 4.78 is 4.78. The normalized spacial score (nSPS) is 9.76. The van der Waals surface area contributed by atoms with Gasteiger partial charge in [0, 0.05) is 4.90 Å². The average Bonchev–Trinajstić information content (AvgIpc) is 2.42. The van der Waals surface area contributed by atoms with Crippen molar-refractivity contribution in [2.75, 3.05) is 12.4 Å². The van der Waals surface area contributed by atoms with Gasteiger partial charge in [-0.15, -0.1) is 11.8 Å². The number of benzene rings is 1. The smallest absolute Gasteiger partial charge is 0.339 e. The molecule has 0 saturated carbocycles. The zero-order chi connectivity index (χ0) is 15.8. The van der Waals surface area contributed by atoms with Gasteiger partial charge in [-0.2, -0.15) is 0 Å². The molecule has 0 spiro atoms. The molecule has 0 saturated heterocycles. The summed E-state index contributed by atoms with van der Waals surface area (Å²) in [6.07, 6.45) is 0. The van der Waals surface area contributed by atoms with Crippen molar-refractivity contribution in [3.05, 3.63) is 29.8 Å². The van der Waals surface area contributed by atoms with Crippen LogP contribution in [0.2, 0.25) is 0 Å². The number of ketones is 1. The van der Waals surface area contributed by atoms with Crippen LogP contribution in [0, 0.1) is 0 Å². The summed E-state index contributed by atoms with van der Waals surface area (Å²) in [4.78, 5) is 45.0. The quantitative estimate of drug-likeness (QED) is 0.591. The highest BCUT2D eigenvalue weighted by atomic mass is 32.2. The lowest BCUT2D eigenvalue weighted by molar-refractivity contribution is -0.123. The van der Waals surface area contributed by atoms with E-state index < -0.39 is 24.5 Å². The van der Waals surface area contributed by atoms with Crippen LogP contribution in [-0.4, -0.2) is 36.1 Å². The molecule has 0 radical (unpaired) electrons. The van der Waals surface area contributed by atoms with Crippen molar-refractivity contribution in [1.29, 1.82) is 0 Å². The van der Waals surface area contributed by atoms with E-state index in [-0.39, 0.29) is 17.1 Å². The fourth-order valence-electron chi connectivity index (χ4n) is 1.32. The third kappa shape index (κ3) is 6.09. The molecule has 3 N–H and O–H groups in total. The van der Waals surface area contributed by atoms with Crippen molar-refractivity contribution in [2.24, 2.45) is 5.73 Å². The molecule has 0 aliphatic rings. The van der Waals surface area contributed by atoms with Crippen LogP contribution in [0.25, 0.3) is 0 Å². The van der Waals surface area contributed by atoms with Crippen LogP contribution in [0.5, 0.6) is 0 Å². The monoisotopic (exact) mass is 310 g/mol. The Balaban J connectivity index is 2.67. The molecule has 0 aromatic heterocycles. The highest BCUT2D eigenvalue weighted by Gasteiger charge is 2.15. The molecule has 7 nitrogen and oxygen atoms in total. The second-order valence-corrected chi connectivity index (χ2v) is 4.99. The number of thioether (sulfide) groups is 1. The Morgan fingerprint density at radius 1 is 1.24 bits per heavy atom. The summed E-state index contributed by atoms with van der Waals surface area (Å²) in [5, 5.41) is 1.78. The number of esters is 1. The van der Waals surface area contributed by atoms with Gasteiger partial charge in [0.15, 0.2) is 6.61 Å². The van der Waals surface area contributed by atoms with Gasteiger partial charge in [0.2, 0.25) is 0 Å². The van der Waals surface area contributed by atoms with E-state index in [9.17, 15) is 19.2 Å². The number of primary amides is 1. The lowest BCUT2D eigenvalue weighted by Gasteiger charge is -2.08. The maximum Gasteiger partial charge on any atom is 0.339 e. The fourth-order valence-corrected chi connectivity index (χ4v) is 2.16. The summed E-state index contributed by atoms with van der Waals surface area (Å²) in [5.74, 6) is -1.33. The van der Waals surface area contributed by atoms with Crippen LogP contribution in [-0.2, 0) is 14.3 Å². The summed E-state index contributed by atoms with van der Waals surface area (Å²) in [7, 11) is 0. The Hall–Kier alpha value is -2.35. The summed E-state index contributed by atoms with van der Waals surface area (Å²) in [5.41, 5.74) is 5.00. The van der Waals surface area contributed by atoms with Crippen LogP contribution in [0.15, 0.2) is 29.2 Å². The Bertz CT molecular complexity index is 573. The number of hydrogen-bond acceptors (Lipinski definition) is 6. The molecule has 112 valence electrons. The second-order valence-electron chi connectivity index (χ2n) is 3.98. The van der Waals surface area contributed by atoms with Crippen LogP contribution in [0.4, 0.5) is 4.79 Å². The zero-order valence-corrected chi connectivity index (χ0v) is 12.1. The molecule has 3 amide bonds. The Morgan fingerprint density at radius 2 is 1.90 bits per heavy atom. The number of amides is 3. The van der Waals surface area contributed by atoms with E-state index in [1.807, 2.05) is 0 Å². The molecule has 1 rings (SSSR count). The van der Waals surface area contributed by atoms with E-state index in [2.05, 4.69) is 0 Å². The van der Waals surface area contributed by atoms with Crippen LogP contribution in [0.1, 0.15) is 17.3 Å². The van der Waals surface area contributed by atoms with E-state index in [1.165, 1.54) is 24.8 Å². The Kier molecular flexibility index (Phi) is 6.41. The molecule has 1 aromatic carbocycles. The first kappa shape index (κ1) is 16.7. The maximum absolute atomic E-state index is 11.9.